The third kappa shape index (κ3) is 12.8. The largest absolute Gasteiger partial charge is 0.311 e. The van der Waals surface area contributed by atoms with Gasteiger partial charge in [-0.3, -0.25) is 0 Å². The average Bonchev–Trinajstić information content (AvgIpc) is 1.22. The Balaban J connectivity index is 0.874. The highest BCUT2D eigenvalue weighted by Gasteiger charge is 2.20. The molecule has 0 atom stereocenters. The second-order valence-electron chi connectivity index (χ2n) is 24.7. The molecule has 12 aromatic rings. The lowest BCUT2D eigenvalue weighted by Gasteiger charge is -2.28. The first-order valence-electron chi connectivity index (χ1n) is 30.8. The van der Waals surface area contributed by atoms with Crippen molar-refractivity contribution in [1.29, 1.82) is 0 Å². The average molecular weight is 1140 g/mol. The fourth-order valence-corrected chi connectivity index (χ4v) is 13.1. The number of hydrogen-bond donors (Lipinski definition) is 0. The van der Waals surface area contributed by atoms with E-state index in [0.29, 0.717) is 0 Å². The number of benzene rings is 12. The van der Waals surface area contributed by atoms with Crippen LogP contribution in [-0.4, -0.2) is 0 Å². The van der Waals surface area contributed by atoms with E-state index in [2.05, 4.69) is 357 Å². The standard InChI is InChI=1S/C84H78N4/c1-55-37-56(2)44-79(43-55)86(80-45-57(3)38-58(4)46-80)76-31-19-70(20-32-76)67-13-25-73(26-14-67)85(74-27-15-68(16-28-74)71-21-33-77(34-22-71)87(81-47-59(5)39-60(6)48-81)82-49-61(7)40-62(8)50-82)75-29-17-69(18-30-75)72-23-35-78(36-24-72)88(83-51-63(9)41-64(10)52-83)84-53-65(11)42-66(12)54-84/h13-54H,1-12H3. The summed E-state index contributed by atoms with van der Waals surface area (Å²) in [6, 6.07) is 95.0. The molecule has 0 N–H and O–H groups in total. The lowest BCUT2D eigenvalue weighted by Crippen LogP contribution is -2.11. The van der Waals surface area contributed by atoms with Crippen LogP contribution in [0.25, 0.3) is 33.4 Å². The molecular weight excluding hydrogens is 1060 g/mol. The third-order valence-electron chi connectivity index (χ3n) is 16.5. The molecule has 0 unspecified atom stereocenters. The number of aryl methyl sites for hydroxylation is 12. The number of hydrogen-bond acceptors (Lipinski definition) is 4. The Morgan fingerprint density at radius 1 is 0.125 bits per heavy atom. The molecule has 0 saturated carbocycles. The quantitative estimate of drug-likeness (QED) is 0.101. The molecule has 0 saturated heterocycles. The van der Waals surface area contributed by atoms with Gasteiger partial charge in [0.05, 0.1) is 0 Å². The first-order valence-corrected chi connectivity index (χ1v) is 30.8. The highest BCUT2D eigenvalue weighted by molar-refractivity contribution is 5.86. The Morgan fingerprint density at radius 2 is 0.227 bits per heavy atom. The number of anilines is 12. The van der Waals surface area contributed by atoms with E-state index < -0.39 is 0 Å². The van der Waals surface area contributed by atoms with Crippen LogP contribution < -0.4 is 19.6 Å². The molecule has 0 spiro atoms. The van der Waals surface area contributed by atoms with Gasteiger partial charge in [-0.15, -0.1) is 0 Å². The molecule has 0 fully saturated rings. The van der Waals surface area contributed by atoms with Gasteiger partial charge < -0.3 is 19.6 Å². The summed E-state index contributed by atoms with van der Waals surface area (Å²) >= 11 is 0. The van der Waals surface area contributed by atoms with Gasteiger partial charge in [0.2, 0.25) is 0 Å². The molecule has 0 radical (unpaired) electrons. The molecule has 12 rings (SSSR count). The van der Waals surface area contributed by atoms with Crippen molar-refractivity contribution in [3.05, 3.63) is 322 Å². The van der Waals surface area contributed by atoms with Crippen LogP contribution in [0.2, 0.25) is 0 Å². The van der Waals surface area contributed by atoms with Crippen LogP contribution >= 0.6 is 0 Å². The Hall–Kier alpha value is -10.2. The van der Waals surface area contributed by atoms with Crippen molar-refractivity contribution < 1.29 is 0 Å². The van der Waals surface area contributed by atoms with Crippen LogP contribution in [0.15, 0.2) is 255 Å². The predicted molar refractivity (Wildman–Crippen MR) is 378 cm³/mol. The summed E-state index contributed by atoms with van der Waals surface area (Å²) in [6.45, 7) is 26.1. The minimum Gasteiger partial charge on any atom is -0.311 e. The molecule has 12 aromatic carbocycles. The normalized spacial score (nSPS) is 11.2. The first kappa shape index (κ1) is 58.2. The Labute approximate surface area is 522 Å². The van der Waals surface area contributed by atoms with Crippen molar-refractivity contribution in [1.82, 2.24) is 0 Å². The molecule has 0 aliphatic heterocycles. The SMILES string of the molecule is Cc1cc(C)cc(N(c2ccc(-c3ccc(N(c4ccc(-c5ccc(N(c6cc(C)cc(C)c6)c6cc(C)cc(C)c6)cc5)cc4)c4ccc(-c5ccc(N(c6cc(C)cc(C)c6)c6cc(C)cc(C)c6)cc5)cc4)cc3)cc2)c2cc(C)cc(C)c2)c1. The fraction of sp³-hybridized carbons (Fsp3) is 0.143. The second-order valence-corrected chi connectivity index (χ2v) is 24.7. The van der Waals surface area contributed by atoms with Gasteiger partial charge in [-0.25, -0.2) is 0 Å². The zero-order valence-corrected chi connectivity index (χ0v) is 53.0. The van der Waals surface area contributed by atoms with Crippen LogP contribution in [-0.2, 0) is 0 Å². The molecule has 0 aromatic heterocycles. The topological polar surface area (TPSA) is 13.0 Å². The molecule has 4 nitrogen and oxygen atoms in total. The molecular formula is C84H78N4. The van der Waals surface area contributed by atoms with E-state index >= 15 is 0 Å². The molecule has 434 valence electrons. The van der Waals surface area contributed by atoms with Gasteiger partial charge in [0.15, 0.2) is 0 Å². The minimum atomic E-state index is 1.07. The Morgan fingerprint density at radius 3 is 0.341 bits per heavy atom. The second kappa shape index (κ2) is 24.7. The predicted octanol–water partition coefficient (Wildman–Crippen LogP) is 24.3. The Bertz CT molecular complexity index is 3740. The molecule has 0 aliphatic rings. The van der Waals surface area contributed by atoms with E-state index in [1.54, 1.807) is 0 Å². The number of rotatable bonds is 15. The van der Waals surface area contributed by atoms with E-state index in [9.17, 15) is 0 Å². The summed E-state index contributed by atoms with van der Waals surface area (Å²) < 4.78 is 0. The summed E-state index contributed by atoms with van der Waals surface area (Å²) in [7, 11) is 0. The lowest BCUT2D eigenvalue weighted by molar-refractivity contribution is 1.23. The van der Waals surface area contributed by atoms with E-state index in [-0.39, 0.29) is 0 Å². The summed E-state index contributed by atoms with van der Waals surface area (Å²) in [5.74, 6) is 0. The van der Waals surface area contributed by atoms with Gasteiger partial charge in [-0.2, -0.15) is 0 Å². The molecule has 0 aliphatic carbocycles. The number of nitrogens with zero attached hydrogens (tertiary/aromatic N) is 4. The van der Waals surface area contributed by atoms with Gasteiger partial charge in [0.1, 0.15) is 0 Å². The molecule has 0 bridgehead atoms. The summed E-state index contributed by atoms with van der Waals surface area (Å²) in [5, 5.41) is 0. The first-order chi connectivity index (χ1) is 42.4. The van der Waals surface area contributed by atoms with Gasteiger partial charge in [0, 0.05) is 68.2 Å². The third-order valence-corrected chi connectivity index (χ3v) is 16.5. The van der Waals surface area contributed by atoms with Gasteiger partial charge in [-0.1, -0.05) is 109 Å². The summed E-state index contributed by atoms with van der Waals surface area (Å²) in [4.78, 5) is 9.52. The summed E-state index contributed by atoms with van der Waals surface area (Å²) in [6.07, 6.45) is 0. The van der Waals surface area contributed by atoms with Crippen LogP contribution in [0.4, 0.5) is 68.2 Å². The van der Waals surface area contributed by atoms with Crippen molar-refractivity contribution in [2.45, 2.75) is 83.1 Å². The van der Waals surface area contributed by atoms with E-state index in [0.717, 1.165) is 102 Å². The van der Waals surface area contributed by atoms with Gasteiger partial charge >= 0.3 is 0 Å². The minimum absolute atomic E-state index is 1.07. The lowest BCUT2D eigenvalue weighted by atomic mass is 10.0. The van der Waals surface area contributed by atoms with Crippen molar-refractivity contribution >= 4 is 68.2 Å². The zero-order valence-electron chi connectivity index (χ0n) is 53.0. The Kier molecular flexibility index (Phi) is 16.3. The van der Waals surface area contributed by atoms with Gasteiger partial charge in [-0.05, 0) is 329 Å². The zero-order chi connectivity index (χ0) is 61.3. The van der Waals surface area contributed by atoms with Crippen molar-refractivity contribution in [2.75, 3.05) is 19.6 Å². The molecule has 88 heavy (non-hydrogen) atoms. The van der Waals surface area contributed by atoms with Crippen LogP contribution in [0.1, 0.15) is 66.8 Å². The van der Waals surface area contributed by atoms with Gasteiger partial charge in [0.25, 0.3) is 0 Å². The maximum absolute atomic E-state index is 2.38. The van der Waals surface area contributed by atoms with E-state index in [1.807, 2.05) is 0 Å². The van der Waals surface area contributed by atoms with E-state index in [4.69, 9.17) is 0 Å². The molecule has 0 heterocycles. The van der Waals surface area contributed by atoms with Crippen molar-refractivity contribution in [2.24, 2.45) is 0 Å². The maximum Gasteiger partial charge on any atom is 0.0466 e. The highest BCUT2D eigenvalue weighted by atomic mass is 15.2. The van der Waals surface area contributed by atoms with Crippen LogP contribution in [0.3, 0.4) is 0 Å². The molecule has 0 amide bonds. The maximum atomic E-state index is 2.38. The summed E-state index contributed by atoms with van der Waals surface area (Å²) in [5.41, 5.74) is 35.4. The van der Waals surface area contributed by atoms with E-state index in [1.165, 1.54) is 66.8 Å². The van der Waals surface area contributed by atoms with Crippen molar-refractivity contribution in [3.63, 3.8) is 0 Å². The monoisotopic (exact) mass is 1140 g/mol. The molecule has 4 heteroatoms. The van der Waals surface area contributed by atoms with Crippen LogP contribution in [0, 0.1) is 83.1 Å². The highest BCUT2D eigenvalue weighted by Crippen LogP contribution is 2.43. The smallest absolute Gasteiger partial charge is 0.0466 e. The van der Waals surface area contributed by atoms with Crippen molar-refractivity contribution in [3.8, 4) is 33.4 Å². The fourth-order valence-electron chi connectivity index (χ4n) is 13.1. The van der Waals surface area contributed by atoms with Crippen LogP contribution in [0.5, 0.6) is 0 Å².